The van der Waals surface area contributed by atoms with E-state index in [0.717, 1.165) is 19.6 Å². The van der Waals surface area contributed by atoms with Gasteiger partial charge >= 0.3 is 0 Å². The summed E-state index contributed by atoms with van der Waals surface area (Å²) in [6, 6.07) is 0.465. The van der Waals surface area contributed by atoms with E-state index in [1.54, 1.807) is 7.11 Å². The molecule has 0 heterocycles. The Balaban J connectivity index is 3.20. The molecule has 0 spiro atoms. The molecule has 0 rings (SSSR count). The molecule has 0 bridgehead atoms. The third kappa shape index (κ3) is 14.0. The summed E-state index contributed by atoms with van der Waals surface area (Å²) in [6.45, 7) is 9.80. The molecule has 0 aliphatic rings. The van der Waals surface area contributed by atoms with E-state index in [1.165, 1.54) is 6.42 Å². The molecular weight excluding hydrogens is 246 g/mol. The molecule has 0 aliphatic carbocycles. The predicted molar refractivity (Wildman–Crippen MR) is 76.7 cm³/mol. The van der Waals surface area contributed by atoms with Gasteiger partial charge in [-0.25, -0.2) is 0 Å². The van der Waals surface area contributed by atoms with Gasteiger partial charge in [0, 0.05) is 13.2 Å². The number of likely N-dealkylation sites (N-methyl/N-ethyl adjacent to an activating group) is 1. The van der Waals surface area contributed by atoms with Crippen molar-refractivity contribution < 1.29 is 18.9 Å². The van der Waals surface area contributed by atoms with E-state index in [4.69, 9.17) is 18.9 Å². The monoisotopic (exact) mass is 277 g/mol. The number of rotatable bonds is 15. The van der Waals surface area contributed by atoms with Crippen molar-refractivity contribution in [1.82, 2.24) is 5.32 Å². The summed E-state index contributed by atoms with van der Waals surface area (Å²) >= 11 is 0. The average molecular weight is 277 g/mol. The highest BCUT2D eigenvalue weighted by atomic mass is 16.6. The van der Waals surface area contributed by atoms with Gasteiger partial charge in [-0.3, -0.25) is 0 Å². The molecule has 5 nitrogen and oxygen atoms in total. The summed E-state index contributed by atoms with van der Waals surface area (Å²) in [5.41, 5.74) is 0. The van der Waals surface area contributed by atoms with Crippen molar-refractivity contribution in [1.29, 1.82) is 0 Å². The van der Waals surface area contributed by atoms with Crippen LogP contribution < -0.4 is 5.32 Å². The molecule has 0 amide bonds. The van der Waals surface area contributed by atoms with Gasteiger partial charge in [0.2, 0.25) is 0 Å². The Labute approximate surface area is 117 Å². The van der Waals surface area contributed by atoms with Gasteiger partial charge in [-0.05, 0) is 13.0 Å². The zero-order chi connectivity index (χ0) is 14.2. The molecule has 0 aromatic heterocycles. The minimum atomic E-state index is 0.465. The Morgan fingerprint density at radius 2 is 1.42 bits per heavy atom. The Bertz CT molecular complexity index is 164. The molecule has 0 radical (unpaired) electrons. The topological polar surface area (TPSA) is 49.0 Å². The van der Waals surface area contributed by atoms with Crippen LogP contribution in [0.5, 0.6) is 0 Å². The second-order valence-corrected chi connectivity index (χ2v) is 4.34. The largest absolute Gasteiger partial charge is 0.382 e. The van der Waals surface area contributed by atoms with Crippen LogP contribution in [0, 0.1) is 0 Å². The summed E-state index contributed by atoms with van der Waals surface area (Å²) in [4.78, 5) is 0. The first-order chi connectivity index (χ1) is 9.35. The lowest BCUT2D eigenvalue weighted by Gasteiger charge is -2.17. The smallest absolute Gasteiger partial charge is 0.0701 e. The SMILES string of the molecule is CCCC(COCCOCCOCCOC)NCC. The Morgan fingerprint density at radius 1 is 0.842 bits per heavy atom. The third-order valence-electron chi connectivity index (χ3n) is 2.62. The maximum Gasteiger partial charge on any atom is 0.0701 e. The number of hydrogen-bond acceptors (Lipinski definition) is 5. The second kappa shape index (κ2) is 15.9. The predicted octanol–water partition coefficient (Wildman–Crippen LogP) is 1.46. The van der Waals surface area contributed by atoms with Crippen LogP contribution in [0.4, 0.5) is 0 Å². The zero-order valence-electron chi connectivity index (χ0n) is 12.8. The van der Waals surface area contributed by atoms with Crippen molar-refractivity contribution in [2.45, 2.75) is 32.7 Å². The maximum atomic E-state index is 5.60. The molecule has 0 aromatic carbocycles. The molecule has 0 saturated heterocycles. The summed E-state index contributed by atoms with van der Waals surface area (Å²) < 4.78 is 21.2. The highest BCUT2D eigenvalue weighted by molar-refractivity contribution is 4.63. The maximum absolute atomic E-state index is 5.60. The van der Waals surface area contributed by atoms with Gasteiger partial charge < -0.3 is 24.3 Å². The van der Waals surface area contributed by atoms with Gasteiger partial charge in [-0.1, -0.05) is 20.3 Å². The average Bonchev–Trinajstić information content (AvgIpc) is 2.41. The number of hydrogen-bond donors (Lipinski definition) is 1. The van der Waals surface area contributed by atoms with Crippen LogP contribution in [0.3, 0.4) is 0 Å². The van der Waals surface area contributed by atoms with Crippen LogP contribution in [0.25, 0.3) is 0 Å². The van der Waals surface area contributed by atoms with E-state index < -0.39 is 0 Å². The van der Waals surface area contributed by atoms with E-state index >= 15 is 0 Å². The molecule has 0 aliphatic heterocycles. The van der Waals surface area contributed by atoms with E-state index in [-0.39, 0.29) is 0 Å². The fourth-order valence-corrected chi connectivity index (χ4v) is 1.69. The van der Waals surface area contributed by atoms with Crippen molar-refractivity contribution in [2.24, 2.45) is 0 Å². The fourth-order valence-electron chi connectivity index (χ4n) is 1.69. The Morgan fingerprint density at radius 3 is 1.95 bits per heavy atom. The number of ether oxygens (including phenoxy) is 4. The Hall–Kier alpha value is -0.200. The molecule has 5 heteroatoms. The van der Waals surface area contributed by atoms with Crippen LogP contribution in [0.1, 0.15) is 26.7 Å². The first-order valence-corrected chi connectivity index (χ1v) is 7.30. The van der Waals surface area contributed by atoms with Crippen LogP contribution in [-0.4, -0.2) is 65.9 Å². The fraction of sp³-hybridized carbons (Fsp3) is 1.00. The molecule has 0 fully saturated rings. The highest BCUT2D eigenvalue weighted by Crippen LogP contribution is 1.97. The second-order valence-electron chi connectivity index (χ2n) is 4.34. The van der Waals surface area contributed by atoms with E-state index in [2.05, 4.69) is 19.2 Å². The van der Waals surface area contributed by atoms with Crippen LogP contribution in [-0.2, 0) is 18.9 Å². The van der Waals surface area contributed by atoms with Gasteiger partial charge in [0.15, 0.2) is 0 Å². The quantitative estimate of drug-likeness (QED) is 0.459. The van der Waals surface area contributed by atoms with E-state index in [9.17, 15) is 0 Å². The first-order valence-electron chi connectivity index (χ1n) is 7.30. The summed E-state index contributed by atoms with van der Waals surface area (Å²) in [7, 11) is 1.66. The van der Waals surface area contributed by atoms with Crippen molar-refractivity contribution in [3.05, 3.63) is 0 Å². The molecule has 116 valence electrons. The van der Waals surface area contributed by atoms with Crippen LogP contribution >= 0.6 is 0 Å². The molecule has 1 atom stereocenters. The minimum Gasteiger partial charge on any atom is -0.382 e. The zero-order valence-corrected chi connectivity index (χ0v) is 12.8. The Kier molecular flexibility index (Phi) is 15.7. The number of methoxy groups -OCH3 is 1. The lowest BCUT2D eigenvalue weighted by Crippen LogP contribution is -2.33. The van der Waals surface area contributed by atoms with E-state index in [1.807, 2.05) is 0 Å². The first kappa shape index (κ1) is 18.8. The van der Waals surface area contributed by atoms with Crippen LogP contribution in [0.2, 0.25) is 0 Å². The lowest BCUT2D eigenvalue weighted by atomic mass is 10.2. The van der Waals surface area contributed by atoms with Gasteiger partial charge in [-0.2, -0.15) is 0 Å². The van der Waals surface area contributed by atoms with Crippen molar-refractivity contribution in [3.8, 4) is 0 Å². The van der Waals surface area contributed by atoms with Gasteiger partial charge in [0.25, 0.3) is 0 Å². The minimum absolute atomic E-state index is 0.465. The van der Waals surface area contributed by atoms with Gasteiger partial charge in [0.1, 0.15) is 0 Å². The molecule has 1 N–H and O–H groups in total. The van der Waals surface area contributed by atoms with Crippen molar-refractivity contribution >= 4 is 0 Å². The van der Waals surface area contributed by atoms with E-state index in [0.29, 0.717) is 45.7 Å². The highest BCUT2D eigenvalue weighted by Gasteiger charge is 2.05. The molecular formula is C14H31NO4. The van der Waals surface area contributed by atoms with Crippen molar-refractivity contribution in [2.75, 3.05) is 59.9 Å². The normalized spacial score (nSPS) is 12.8. The third-order valence-corrected chi connectivity index (χ3v) is 2.62. The summed E-state index contributed by atoms with van der Waals surface area (Å²) in [6.07, 6.45) is 2.33. The lowest BCUT2D eigenvalue weighted by molar-refractivity contribution is 0.000567. The standard InChI is InChI=1S/C14H31NO4/c1-4-6-14(15-5-2)13-19-12-11-18-10-9-17-8-7-16-3/h14-15H,4-13H2,1-3H3. The molecule has 0 saturated carbocycles. The molecule has 0 aromatic rings. The van der Waals surface area contributed by atoms with Crippen molar-refractivity contribution in [3.63, 3.8) is 0 Å². The van der Waals surface area contributed by atoms with Crippen LogP contribution in [0.15, 0.2) is 0 Å². The van der Waals surface area contributed by atoms with Gasteiger partial charge in [-0.15, -0.1) is 0 Å². The van der Waals surface area contributed by atoms with Gasteiger partial charge in [0.05, 0.1) is 46.2 Å². The summed E-state index contributed by atoms with van der Waals surface area (Å²) in [5.74, 6) is 0. The summed E-state index contributed by atoms with van der Waals surface area (Å²) in [5, 5.41) is 3.42. The molecule has 19 heavy (non-hydrogen) atoms. The number of nitrogens with one attached hydrogen (secondary N) is 1. The molecule has 1 unspecified atom stereocenters.